The Morgan fingerprint density at radius 1 is 1.09 bits per heavy atom. The number of hydrogen-bond acceptors (Lipinski definition) is 6. The van der Waals surface area contributed by atoms with E-state index in [1.165, 1.54) is 12.1 Å². The van der Waals surface area contributed by atoms with Gasteiger partial charge in [-0.3, -0.25) is 14.8 Å². The largest absolute Gasteiger partial charge is 0.288 e. The maximum atomic E-state index is 15.2. The van der Waals surface area contributed by atoms with Crippen LogP contribution in [0, 0.1) is 5.82 Å². The van der Waals surface area contributed by atoms with Gasteiger partial charge < -0.3 is 0 Å². The maximum Gasteiger partial charge on any atom is 0.201 e. The molecule has 0 atom stereocenters. The number of nitrogens with one attached hydrogen (secondary N) is 1. The molecule has 0 fully saturated rings. The number of nitrogens with zero attached hydrogens (tertiary/aromatic N) is 3. The molecule has 4 aromatic rings. The number of fused-ring (bicyclic) bond motifs is 1. The second-order valence-corrected chi connectivity index (χ2v) is 8.43. The molecule has 0 aliphatic heterocycles. The molecule has 7 nitrogen and oxygen atoms in total. The molecule has 2 heterocycles. The zero-order chi connectivity index (χ0) is 23.4. The van der Waals surface area contributed by atoms with Gasteiger partial charge in [0.1, 0.15) is 5.82 Å². The van der Waals surface area contributed by atoms with Crippen LogP contribution in [0.2, 0.25) is 5.02 Å². The molecular formula is C23H18ClFN4O3S. The number of aryl methyl sites for hydroxylation is 1. The van der Waals surface area contributed by atoms with Gasteiger partial charge in [0, 0.05) is 30.1 Å². The van der Waals surface area contributed by atoms with Crippen molar-refractivity contribution in [3.63, 3.8) is 0 Å². The minimum Gasteiger partial charge on any atom is -0.288 e. The molecule has 10 heteroatoms. The molecule has 0 saturated carbocycles. The zero-order valence-electron chi connectivity index (χ0n) is 17.2. The number of pyridine rings is 1. The molecule has 0 aliphatic carbocycles. The van der Waals surface area contributed by atoms with Crippen molar-refractivity contribution in [3.05, 3.63) is 88.6 Å². The average Bonchev–Trinajstić information content (AvgIpc) is 2.82. The second kappa shape index (κ2) is 10.1. The van der Waals surface area contributed by atoms with Crippen molar-refractivity contribution in [2.24, 2.45) is 0 Å². The van der Waals surface area contributed by atoms with E-state index in [1.54, 1.807) is 42.9 Å². The Bertz CT molecular complexity index is 1410. The van der Waals surface area contributed by atoms with Crippen molar-refractivity contribution in [2.45, 2.75) is 12.8 Å². The Morgan fingerprint density at radius 3 is 2.70 bits per heavy atom. The molecule has 0 amide bonds. The van der Waals surface area contributed by atoms with Gasteiger partial charge >= 0.3 is 0 Å². The molecule has 33 heavy (non-hydrogen) atoms. The van der Waals surface area contributed by atoms with Gasteiger partial charge in [0.05, 0.1) is 33.5 Å². The first-order valence-electron chi connectivity index (χ1n) is 10.0. The summed E-state index contributed by atoms with van der Waals surface area (Å²) in [5, 5.41) is -0.00250. The fraction of sp³-hybridized carbons (Fsp3) is 0.130. The highest BCUT2D eigenvalue weighted by molar-refractivity contribution is 7.70. The highest BCUT2D eigenvalue weighted by Crippen LogP contribution is 2.27. The SMILES string of the molecule is O=C(c1ccc2ncc(-c3cccnc3)nc2c1)c1c(Cl)ccc(CCCN[SH](=O)=O)c1F. The van der Waals surface area contributed by atoms with Crippen molar-refractivity contribution in [2.75, 3.05) is 6.54 Å². The zero-order valence-corrected chi connectivity index (χ0v) is 18.8. The van der Waals surface area contributed by atoms with Crippen molar-refractivity contribution >= 4 is 39.3 Å². The lowest BCUT2D eigenvalue weighted by molar-refractivity contribution is 0.103. The predicted molar refractivity (Wildman–Crippen MR) is 124 cm³/mol. The number of aromatic nitrogens is 3. The van der Waals surface area contributed by atoms with E-state index in [9.17, 15) is 13.2 Å². The van der Waals surface area contributed by atoms with Crippen molar-refractivity contribution < 1.29 is 17.6 Å². The number of rotatable bonds is 8. The first-order chi connectivity index (χ1) is 15.9. The fourth-order valence-corrected chi connectivity index (χ4v) is 3.97. The predicted octanol–water partition coefficient (Wildman–Crippen LogP) is 3.76. The monoisotopic (exact) mass is 484 g/mol. The molecule has 0 spiro atoms. The Morgan fingerprint density at radius 2 is 1.94 bits per heavy atom. The van der Waals surface area contributed by atoms with Crippen LogP contribution in [0.1, 0.15) is 27.9 Å². The van der Waals surface area contributed by atoms with Crippen LogP contribution < -0.4 is 4.72 Å². The van der Waals surface area contributed by atoms with Gasteiger partial charge in [0.15, 0.2) is 5.78 Å². The Hall–Kier alpha value is -3.27. The standard InChI is InChI=1S/C23H18ClFN4O3S/c24-17-7-5-14(3-2-10-28-33(31)32)22(25)21(17)23(30)15-6-8-18-19(11-15)29-20(13-27-18)16-4-1-9-26-12-16/h1,4-9,11-13,33H,2-3,10H2,(H,28,31,32). The number of hydrogen-bond donors (Lipinski definition) is 2. The number of carbonyl (C=O) groups is 1. The molecule has 2 aromatic heterocycles. The van der Waals surface area contributed by atoms with Gasteiger partial charge in [-0.25, -0.2) is 22.5 Å². The summed E-state index contributed by atoms with van der Waals surface area (Å²) in [6, 6.07) is 11.4. The van der Waals surface area contributed by atoms with Crippen LogP contribution in [0.4, 0.5) is 4.39 Å². The number of halogens is 2. The summed E-state index contributed by atoms with van der Waals surface area (Å²) in [6.45, 7) is 0.173. The van der Waals surface area contributed by atoms with E-state index in [0.29, 0.717) is 23.1 Å². The van der Waals surface area contributed by atoms with Crippen LogP contribution in [0.15, 0.2) is 61.1 Å². The Kier molecular flexibility index (Phi) is 7.02. The van der Waals surface area contributed by atoms with Gasteiger partial charge in [-0.05, 0) is 54.8 Å². The maximum absolute atomic E-state index is 15.2. The molecule has 0 aliphatic rings. The topological polar surface area (TPSA) is 102 Å². The smallest absolute Gasteiger partial charge is 0.201 e. The molecular weight excluding hydrogens is 467 g/mol. The van der Waals surface area contributed by atoms with Crippen LogP contribution >= 0.6 is 11.6 Å². The van der Waals surface area contributed by atoms with Crippen molar-refractivity contribution in [1.82, 2.24) is 19.7 Å². The minimum absolute atomic E-state index is 0.00250. The highest BCUT2D eigenvalue weighted by atomic mass is 35.5. The third-order valence-electron chi connectivity index (χ3n) is 5.02. The summed E-state index contributed by atoms with van der Waals surface area (Å²) >= 11 is 6.18. The summed E-state index contributed by atoms with van der Waals surface area (Å²) in [5.41, 5.74) is 2.72. The van der Waals surface area contributed by atoms with Crippen LogP contribution in [0.3, 0.4) is 0 Å². The quantitative estimate of drug-likeness (QED) is 0.224. The summed E-state index contributed by atoms with van der Waals surface area (Å²) in [6.07, 6.45) is 5.56. The Labute approximate surface area is 195 Å². The van der Waals surface area contributed by atoms with Crippen LogP contribution in [0.5, 0.6) is 0 Å². The van der Waals surface area contributed by atoms with Gasteiger partial charge in [-0.2, -0.15) is 0 Å². The van der Waals surface area contributed by atoms with Crippen LogP contribution in [-0.4, -0.2) is 35.7 Å². The lowest BCUT2D eigenvalue weighted by Crippen LogP contribution is -2.14. The van der Waals surface area contributed by atoms with Crippen molar-refractivity contribution in [1.29, 1.82) is 0 Å². The van der Waals surface area contributed by atoms with Gasteiger partial charge in [-0.1, -0.05) is 17.7 Å². The molecule has 0 unspecified atom stereocenters. The third-order valence-corrected chi connectivity index (χ3v) is 5.82. The first kappa shape index (κ1) is 22.9. The average molecular weight is 485 g/mol. The Balaban J connectivity index is 1.65. The second-order valence-electron chi connectivity index (χ2n) is 7.19. The van der Waals surface area contributed by atoms with E-state index in [0.717, 1.165) is 5.56 Å². The summed E-state index contributed by atoms with van der Waals surface area (Å²) < 4.78 is 38.6. The molecule has 2 aromatic carbocycles. The van der Waals surface area contributed by atoms with E-state index in [-0.39, 0.29) is 34.7 Å². The summed E-state index contributed by atoms with van der Waals surface area (Å²) in [5.74, 6) is -1.29. The molecule has 4 rings (SSSR count). The molecule has 168 valence electrons. The van der Waals surface area contributed by atoms with Crippen LogP contribution in [0.25, 0.3) is 22.3 Å². The number of thiol groups is 1. The molecule has 0 radical (unpaired) electrons. The molecule has 1 N–H and O–H groups in total. The van der Waals surface area contributed by atoms with Gasteiger partial charge in [0.2, 0.25) is 10.9 Å². The van der Waals surface area contributed by atoms with E-state index in [2.05, 4.69) is 19.7 Å². The van der Waals surface area contributed by atoms with Gasteiger partial charge in [-0.15, -0.1) is 0 Å². The highest BCUT2D eigenvalue weighted by Gasteiger charge is 2.21. The third kappa shape index (κ3) is 5.22. The lowest BCUT2D eigenvalue weighted by Gasteiger charge is -2.11. The van der Waals surface area contributed by atoms with E-state index >= 15 is 4.39 Å². The van der Waals surface area contributed by atoms with Crippen molar-refractivity contribution in [3.8, 4) is 11.3 Å². The number of carbonyl (C=O) groups excluding carboxylic acids is 1. The molecule has 0 bridgehead atoms. The summed E-state index contributed by atoms with van der Waals surface area (Å²) in [7, 11) is -2.71. The van der Waals surface area contributed by atoms with E-state index in [4.69, 9.17) is 11.6 Å². The van der Waals surface area contributed by atoms with E-state index < -0.39 is 22.5 Å². The minimum atomic E-state index is -2.71. The summed E-state index contributed by atoms with van der Waals surface area (Å²) in [4.78, 5) is 26.2. The number of ketones is 1. The fourth-order valence-electron chi connectivity index (χ4n) is 3.40. The van der Waals surface area contributed by atoms with Crippen LogP contribution in [-0.2, 0) is 17.3 Å². The molecule has 0 saturated heterocycles. The normalized spacial score (nSPS) is 11.2. The number of benzene rings is 2. The lowest BCUT2D eigenvalue weighted by atomic mass is 9.98. The van der Waals surface area contributed by atoms with Gasteiger partial charge in [0.25, 0.3) is 0 Å². The van der Waals surface area contributed by atoms with E-state index in [1.807, 2.05) is 6.07 Å². The first-order valence-corrected chi connectivity index (χ1v) is 11.6.